The molecule has 0 spiro atoms. The van der Waals surface area contributed by atoms with Crippen LogP contribution in [0.3, 0.4) is 0 Å². The van der Waals surface area contributed by atoms with Crippen molar-refractivity contribution in [1.29, 1.82) is 0 Å². The van der Waals surface area contributed by atoms with Crippen molar-refractivity contribution in [2.45, 2.75) is 38.6 Å². The Balaban J connectivity index is 1.29. The molecule has 1 fully saturated rings. The second-order valence-electron chi connectivity index (χ2n) is 8.47. The van der Waals surface area contributed by atoms with Crippen molar-refractivity contribution in [3.63, 3.8) is 0 Å². The third-order valence-electron chi connectivity index (χ3n) is 6.24. The fourth-order valence-corrected chi connectivity index (χ4v) is 4.56. The maximum atomic E-state index is 13.1. The van der Waals surface area contributed by atoms with Gasteiger partial charge in [0.15, 0.2) is 5.70 Å². The van der Waals surface area contributed by atoms with E-state index >= 15 is 0 Å². The third kappa shape index (κ3) is 3.65. The van der Waals surface area contributed by atoms with Crippen LogP contribution in [0.2, 0.25) is 0 Å². The summed E-state index contributed by atoms with van der Waals surface area (Å²) in [5.41, 5.74) is 5.82. The summed E-state index contributed by atoms with van der Waals surface area (Å²) >= 11 is 0. The van der Waals surface area contributed by atoms with E-state index in [1.54, 1.807) is 12.4 Å². The van der Waals surface area contributed by atoms with E-state index in [2.05, 4.69) is 21.9 Å². The first kappa shape index (κ1) is 19.6. The Kier molecular flexibility index (Phi) is 4.90. The lowest BCUT2D eigenvalue weighted by molar-refractivity contribution is -0.782. The third-order valence-corrected chi connectivity index (χ3v) is 6.24. The molecule has 1 unspecified atom stereocenters. The van der Waals surface area contributed by atoms with Gasteiger partial charge in [-0.3, -0.25) is 14.8 Å². The molecule has 0 bridgehead atoms. The highest BCUT2D eigenvalue weighted by atomic mass is 16.2. The second-order valence-corrected chi connectivity index (χ2v) is 8.47. The maximum absolute atomic E-state index is 13.1. The fraction of sp³-hybridized carbons (Fsp3) is 0.333. The van der Waals surface area contributed by atoms with E-state index in [1.165, 1.54) is 0 Å². The number of hydrogen-bond acceptors (Lipinski definition) is 5. The SMILES string of the molecule is C=C1C2=C(C(=O)[NH+]1C1CC1)N(CC(=O)Nc1ccc(-c3cccnc3)nc1C)CCC2. The Bertz CT molecular complexity index is 1100. The van der Waals surface area contributed by atoms with Gasteiger partial charge in [0, 0.05) is 42.9 Å². The van der Waals surface area contributed by atoms with Gasteiger partial charge in [0.05, 0.1) is 29.7 Å². The second kappa shape index (κ2) is 7.74. The molecule has 0 saturated heterocycles. The van der Waals surface area contributed by atoms with Crippen LogP contribution in [0.4, 0.5) is 5.69 Å². The number of rotatable bonds is 5. The van der Waals surface area contributed by atoms with Crippen LogP contribution in [0.15, 0.2) is 60.2 Å². The van der Waals surface area contributed by atoms with Crippen molar-refractivity contribution in [2.75, 3.05) is 18.4 Å². The molecular weight excluding hydrogens is 390 g/mol. The van der Waals surface area contributed by atoms with E-state index in [0.29, 0.717) is 24.0 Å². The molecule has 7 nitrogen and oxygen atoms in total. The minimum atomic E-state index is -0.147. The van der Waals surface area contributed by atoms with Gasteiger partial charge in [0.1, 0.15) is 5.70 Å². The topological polar surface area (TPSA) is 79.6 Å². The molecule has 31 heavy (non-hydrogen) atoms. The summed E-state index contributed by atoms with van der Waals surface area (Å²) in [6.45, 7) is 6.94. The number of nitrogens with zero attached hydrogens (tertiary/aromatic N) is 3. The van der Waals surface area contributed by atoms with Gasteiger partial charge in [-0.1, -0.05) is 0 Å². The smallest absolute Gasteiger partial charge is 0.354 e. The summed E-state index contributed by atoms with van der Waals surface area (Å²) in [5, 5.41) is 2.97. The summed E-state index contributed by atoms with van der Waals surface area (Å²) < 4.78 is 0. The number of amides is 2. The van der Waals surface area contributed by atoms with Crippen LogP contribution in [0.5, 0.6) is 0 Å². The van der Waals surface area contributed by atoms with E-state index in [-0.39, 0.29) is 18.4 Å². The molecule has 2 aromatic rings. The first-order chi connectivity index (χ1) is 15.0. The number of anilines is 1. The van der Waals surface area contributed by atoms with E-state index in [0.717, 1.165) is 58.8 Å². The number of nitrogens with one attached hydrogen (secondary N) is 2. The first-order valence-corrected chi connectivity index (χ1v) is 10.8. The molecule has 3 aliphatic rings. The van der Waals surface area contributed by atoms with E-state index < -0.39 is 0 Å². The van der Waals surface area contributed by atoms with Gasteiger partial charge in [-0.05, 0) is 50.6 Å². The highest BCUT2D eigenvalue weighted by Gasteiger charge is 2.50. The van der Waals surface area contributed by atoms with Crippen LogP contribution in [-0.4, -0.2) is 45.8 Å². The molecule has 158 valence electrons. The van der Waals surface area contributed by atoms with Gasteiger partial charge in [-0.25, -0.2) is 9.69 Å². The van der Waals surface area contributed by atoms with Gasteiger partial charge < -0.3 is 10.2 Å². The molecule has 7 heteroatoms. The van der Waals surface area contributed by atoms with Crippen LogP contribution in [0.25, 0.3) is 11.3 Å². The number of aromatic nitrogens is 2. The largest absolute Gasteiger partial charge is 0.366 e. The van der Waals surface area contributed by atoms with Gasteiger partial charge in [0.25, 0.3) is 0 Å². The zero-order chi connectivity index (χ0) is 21.5. The Morgan fingerprint density at radius 1 is 1.32 bits per heavy atom. The number of carbonyl (C=O) groups excluding carboxylic acids is 2. The molecule has 2 amide bonds. The maximum Gasteiger partial charge on any atom is 0.366 e. The lowest BCUT2D eigenvalue weighted by Gasteiger charge is -2.27. The molecule has 5 rings (SSSR count). The standard InChI is InChI=1S/C24H25N5O2/c1-15-20(9-10-21(26-15)17-5-3-11-25-13-17)27-22(30)14-28-12-4-6-19-16(2)29(18-7-8-18)24(31)23(19)28/h3,5,9-11,13,18H,2,4,6-8,12,14H2,1H3,(H,27,30)/p+1. The Hall–Kier alpha value is -3.32. The lowest BCUT2D eigenvalue weighted by Crippen LogP contribution is -3.13. The Labute approximate surface area is 181 Å². The summed E-state index contributed by atoms with van der Waals surface area (Å²) in [6.07, 6.45) is 7.43. The molecule has 2 N–H and O–H groups in total. The zero-order valence-corrected chi connectivity index (χ0v) is 17.6. The van der Waals surface area contributed by atoms with Crippen LogP contribution < -0.4 is 10.2 Å². The fourth-order valence-electron chi connectivity index (χ4n) is 4.56. The zero-order valence-electron chi connectivity index (χ0n) is 17.6. The van der Waals surface area contributed by atoms with Crippen LogP contribution in [0, 0.1) is 6.92 Å². The van der Waals surface area contributed by atoms with E-state index in [1.807, 2.05) is 36.1 Å². The monoisotopic (exact) mass is 416 g/mol. The molecular formula is C24H26N5O2+. The molecule has 2 aliphatic heterocycles. The van der Waals surface area contributed by atoms with E-state index in [9.17, 15) is 9.59 Å². The number of hydrogen-bond donors (Lipinski definition) is 2. The summed E-state index contributed by atoms with van der Waals surface area (Å²) in [6, 6.07) is 7.93. The van der Waals surface area contributed by atoms with Crippen molar-refractivity contribution in [3.05, 3.63) is 65.9 Å². The predicted octanol–water partition coefficient (Wildman–Crippen LogP) is 1.84. The molecule has 1 saturated carbocycles. The molecule has 1 atom stereocenters. The number of allylic oxidation sites excluding steroid dienone is 1. The highest BCUT2D eigenvalue weighted by molar-refractivity contribution is 5.96. The minimum absolute atomic E-state index is 0.0914. The van der Waals surface area contributed by atoms with Crippen molar-refractivity contribution in [3.8, 4) is 11.3 Å². The number of quaternary nitrogens is 1. The lowest BCUT2D eigenvalue weighted by atomic mass is 10.0. The van der Waals surface area contributed by atoms with Crippen molar-refractivity contribution < 1.29 is 14.5 Å². The number of pyridine rings is 2. The van der Waals surface area contributed by atoms with Crippen LogP contribution >= 0.6 is 0 Å². The molecule has 0 radical (unpaired) electrons. The van der Waals surface area contributed by atoms with Crippen molar-refractivity contribution in [2.24, 2.45) is 0 Å². The average Bonchev–Trinajstić information content (AvgIpc) is 3.56. The van der Waals surface area contributed by atoms with Crippen LogP contribution in [0.1, 0.15) is 31.4 Å². The Morgan fingerprint density at radius 2 is 2.16 bits per heavy atom. The van der Waals surface area contributed by atoms with Gasteiger partial charge >= 0.3 is 5.91 Å². The molecule has 0 aromatic carbocycles. The summed E-state index contributed by atoms with van der Waals surface area (Å²) in [7, 11) is 0. The average molecular weight is 417 g/mol. The predicted molar refractivity (Wildman–Crippen MR) is 117 cm³/mol. The molecule has 2 aromatic heterocycles. The van der Waals surface area contributed by atoms with E-state index in [4.69, 9.17) is 0 Å². The minimum Gasteiger partial charge on any atom is -0.354 e. The van der Waals surface area contributed by atoms with Gasteiger partial charge in [-0.2, -0.15) is 0 Å². The summed E-state index contributed by atoms with van der Waals surface area (Å²) in [5.74, 6) is -0.0558. The van der Waals surface area contributed by atoms with Crippen LogP contribution in [-0.2, 0) is 9.59 Å². The highest BCUT2D eigenvalue weighted by Crippen LogP contribution is 2.31. The quantitative estimate of drug-likeness (QED) is 0.778. The van der Waals surface area contributed by atoms with Gasteiger partial charge in [0.2, 0.25) is 5.91 Å². The number of carbonyl (C=O) groups is 2. The van der Waals surface area contributed by atoms with Gasteiger partial charge in [-0.15, -0.1) is 0 Å². The van der Waals surface area contributed by atoms with Crippen molar-refractivity contribution >= 4 is 17.5 Å². The van der Waals surface area contributed by atoms with Crippen molar-refractivity contribution in [1.82, 2.24) is 14.9 Å². The first-order valence-electron chi connectivity index (χ1n) is 10.8. The normalized spacial score (nSPS) is 20.8. The Morgan fingerprint density at radius 3 is 2.87 bits per heavy atom. The molecule has 1 aliphatic carbocycles. The summed E-state index contributed by atoms with van der Waals surface area (Å²) in [4.78, 5) is 37.5. The number of aryl methyl sites for hydroxylation is 1. The molecule has 4 heterocycles.